The molecule has 35 heavy (non-hydrogen) atoms. The third-order valence-electron chi connectivity index (χ3n) is 7.48. The molecule has 2 aromatic carbocycles. The number of amides is 1. The molecule has 0 saturated carbocycles. The van der Waals surface area contributed by atoms with Crippen molar-refractivity contribution in [1.29, 1.82) is 0 Å². The van der Waals surface area contributed by atoms with Crippen molar-refractivity contribution in [2.24, 2.45) is 11.8 Å². The zero-order chi connectivity index (χ0) is 25.0. The van der Waals surface area contributed by atoms with Gasteiger partial charge >= 0.3 is 6.09 Å². The Labute approximate surface area is 206 Å². The lowest BCUT2D eigenvalue weighted by Gasteiger charge is -2.54. The van der Waals surface area contributed by atoms with Crippen molar-refractivity contribution >= 4 is 6.09 Å². The third kappa shape index (κ3) is 4.70. The molecule has 0 radical (unpaired) electrons. The molecule has 1 amide bonds. The first kappa shape index (κ1) is 23.9. The van der Waals surface area contributed by atoms with Gasteiger partial charge < -0.3 is 24.2 Å². The number of hydrogen-bond acceptors (Lipinski definition) is 5. The van der Waals surface area contributed by atoms with Gasteiger partial charge in [-0.15, -0.1) is 0 Å². The number of carbonyl (C=O) groups is 1. The van der Waals surface area contributed by atoms with E-state index in [9.17, 15) is 14.3 Å². The van der Waals surface area contributed by atoms with E-state index >= 15 is 0 Å². The third-order valence-corrected chi connectivity index (χ3v) is 7.48. The summed E-state index contributed by atoms with van der Waals surface area (Å²) in [6.07, 6.45) is 1.57. The molecular formula is C28H34FNO5. The fourth-order valence-corrected chi connectivity index (χ4v) is 5.86. The van der Waals surface area contributed by atoms with Gasteiger partial charge in [0.2, 0.25) is 0 Å². The van der Waals surface area contributed by atoms with Crippen LogP contribution in [0, 0.1) is 17.7 Å². The van der Waals surface area contributed by atoms with Gasteiger partial charge in [-0.3, -0.25) is 0 Å². The lowest BCUT2D eigenvalue weighted by molar-refractivity contribution is -0.189. The van der Waals surface area contributed by atoms with Gasteiger partial charge in [-0.2, -0.15) is 0 Å². The Bertz CT molecular complexity index is 1100. The molecule has 3 aliphatic rings. The SMILES string of the molecule is CC(C)(C)OC(=O)N1CC[C@@H]2O[C@@H]3c4cccc(O)c4O[C@@](C)(Cc4ccc(F)cc4)[C@H]3C[C@@H]2C1. The molecule has 3 heterocycles. The Kier molecular flexibility index (Phi) is 5.94. The fourth-order valence-electron chi connectivity index (χ4n) is 5.86. The van der Waals surface area contributed by atoms with Gasteiger partial charge in [0.15, 0.2) is 11.5 Å². The average Bonchev–Trinajstić information content (AvgIpc) is 2.79. The van der Waals surface area contributed by atoms with E-state index in [1.165, 1.54) is 12.1 Å². The molecule has 0 aromatic heterocycles. The van der Waals surface area contributed by atoms with Crippen molar-refractivity contribution in [2.75, 3.05) is 13.1 Å². The number of piperidine rings is 1. The van der Waals surface area contributed by atoms with Crippen LogP contribution in [0.2, 0.25) is 0 Å². The number of hydrogen-bond donors (Lipinski definition) is 1. The molecule has 0 aliphatic carbocycles. The van der Waals surface area contributed by atoms with Crippen LogP contribution in [0.25, 0.3) is 0 Å². The van der Waals surface area contributed by atoms with E-state index in [2.05, 4.69) is 0 Å². The summed E-state index contributed by atoms with van der Waals surface area (Å²) in [5, 5.41) is 10.6. The molecule has 0 bridgehead atoms. The number of ether oxygens (including phenoxy) is 3. The van der Waals surface area contributed by atoms with Crippen molar-refractivity contribution in [3.8, 4) is 11.5 Å². The lowest BCUT2D eigenvalue weighted by Crippen LogP contribution is -2.57. The van der Waals surface area contributed by atoms with Gasteiger partial charge in [0.05, 0.1) is 12.2 Å². The monoisotopic (exact) mass is 483 g/mol. The highest BCUT2D eigenvalue weighted by atomic mass is 19.1. The minimum Gasteiger partial charge on any atom is -0.504 e. The summed E-state index contributed by atoms with van der Waals surface area (Å²) in [5.41, 5.74) is 0.582. The van der Waals surface area contributed by atoms with Crippen LogP contribution in [0.1, 0.15) is 57.8 Å². The molecule has 1 N–H and O–H groups in total. The quantitative estimate of drug-likeness (QED) is 0.600. The number of nitrogens with zero attached hydrogens (tertiary/aromatic N) is 1. The molecule has 5 rings (SSSR count). The summed E-state index contributed by atoms with van der Waals surface area (Å²) in [5.74, 6) is 0.409. The van der Waals surface area contributed by atoms with Crippen molar-refractivity contribution in [3.05, 3.63) is 59.4 Å². The van der Waals surface area contributed by atoms with E-state index in [0.717, 1.165) is 24.0 Å². The van der Waals surface area contributed by atoms with Crippen molar-refractivity contribution < 1.29 is 28.5 Å². The molecule has 2 aromatic rings. The summed E-state index contributed by atoms with van der Waals surface area (Å²) in [4.78, 5) is 14.5. The average molecular weight is 484 g/mol. The van der Waals surface area contributed by atoms with Crippen LogP contribution in [0.15, 0.2) is 42.5 Å². The molecular weight excluding hydrogens is 449 g/mol. The van der Waals surface area contributed by atoms with E-state index in [1.807, 2.05) is 39.8 Å². The maximum atomic E-state index is 13.5. The first-order chi connectivity index (χ1) is 16.5. The van der Waals surface area contributed by atoms with Crippen LogP contribution < -0.4 is 4.74 Å². The predicted octanol–water partition coefficient (Wildman–Crippen LogP) is 5.63. The van der Waals surface area contributed by atoms with E-state index in [1.54, 1.807) is 23.1 Å². The Morgan fingerprint density at radius 3 is 2.69 bits per heavy atom. The summed E-state index contributed by atoms with van der Waals surface area (Å²) in [6, 6.07) is 11.9. The molecule has 188 valence electrons. The molecule has 3 aliphatic heterocycles. The Morgan fingerprint density at radius 1 is 1.23 bits per heavy atom. The van der Waals surface area contributed by atoms with E-state index in [0.29, 0.717) is 25.3 Å². The second-order valence-corrected chi connectivity index (χ2v) is 11.3. The van der Waals surface area contributed by atoms with Gasteiger partial charge in [0.25, 0.3) is 0 Å². The highest BCUT2D eigenvalue weighted by Crippen LogP contribution is 2.55. The number of rotatable bonds is 2. The van der Waals surface area contributed by atoms with E-state index < -0.39 is 11.2 Å². The first-order valence-electron chi connectivity index (χ1n) is 12.4. The van der Waals surface area contributed by atoms with Gasteiger partial charge in [-0.1, -0.05) is 24.3 Å². The maximum Gasteiger partial charge on any atom is 0.410 e. The largest absolute Gasteiger partial charge is 0.504 e. The second-order valence-electron chi connectivity index (χ2n) is 11.3. The number of carbonyl (C=O) groups excluding carboxylic acids is 1. The smallest absolute Gasteiger partial charge is 0.410 e. The van der Waals surface area contributed by atoms with Gasteiger partial charge in [-0.05, 0) is 64.3 Å². The van der Waals surface area contributed by atoms with Gasteiger partial charge in [0, 0.05) is 36.9 Å². The number of likely N-dealkylation sites (tertiary alicyclic amines) is 1. The molecule has 2 saturated heterocycles. The predicted molar refractivity (Wildman–Crippen MR) is 129 cm³/mol. The van der Waals surface area contributed by atoms with Gasteiger partial charge in [0.1, 0.15) is 17.0 Å². The van der Waals surface area contributed by atoms with Crippen LogP contribution in [-0.2, 0) is 15.9 Å². The molecule has 7 heteroatoms. The first-order valence-corrected chi connectivity index (χ1v) is 12.4. The summed E-state index contributed by atoms with van der Waals surface area (Å²) >= 11 is 0. The minimum absolute atomic E-state index is 0.0123. The standard InChI is InChI=1S/C28H34FNO5/c1-27(2,3)35-26(32)30-13-12-23-18(16-30)14-21-24(33-23)20-6-5-7-22(31)25(20)34-28(21,4)15-17-8-10-19(29)11-9-17/h5-11,18,21,23-24,31H,12-16H2,1-4H3/t18-,21+,23+,24-,28+/m1/s1. The number of halogens is 1. The van der Waals surface area contributed by atoms with Gasteiger partial charge in [-0.25, -0.2) is 9.18 Å². The second kappa shape index (κ2) is 8.70. The Balaban J connectivity index is 1.44. The number of benzene rings is 2. The van der Waals surface area contributed by atoms with E-state index in [4.69, 9.17) is 14.2 Å². The highest BCUT2D eigenvalue weighted by molar-refractivity contribution is 5.68. The van der Waals surface area contributed by atoms with Crippen LogP contribution in [0.3, 0.4) is 0 Å². The molecule has 2 fully saturated rings. The zero-order valence-corrected chi connectivity index (χ0v) is 20.8. The normalized spacial score (nSPS) is 29.9. The summed E-state index contributed by atoms with van der Waals surface area (Å²) < 4.78 is 32.4. The van der Waals surface area contributed by atoms with Crippen LogP contribution in [0.4, 0.5) is 9.18 Å². The topological polar surface area (TPSA) is 68.2 Å². The maximum absolute atomic E-state index is 13.5. The molecule has 5 atom stereocenters. The molecule has 6 nitrogen and oxygen atoms in total. The number of aromatic hydroxyl groups is 1. The lowest BCUT2D eigenvalue weighted by atomic mass is 9.68. The van der Waals surface area contributed by atoms with Crippen LogP contribution >= 0.6 is 0 Å². The zero-order valence-electron chi connectivity index (χ0n) is 20.8. The number of fused-ring (bicyclic) bond motifs is 4. The summed E-state index contributed by atoms with van der Waals surface area (Å²) in [7, 11) is 0. The minimum atomic E-state index is -0.687. The number of phenolic OH excluding ortho intramolecular Hbond substituents is 1. The molecule has 0 unspecified atom stereocenters. The summed E-state index contributed by atoms with van der Waals surface area (Å²) in [6.45, 7) is 8.82. The number of phenols is 1. The van der Waals surface area contributed by atoms with Crippen LogP contribution in [0.5, 0.6) is 11.5 Å². The number of para-hydroxylation sites is 1. The van der Waals surface area contributed by atoms with E-state index in [-0.39, 0.29) is 41.7 Å². The molecule has 0 spiro atoms. The Hall–Kier alpha value is -2.80. The van der Waals surface area contributed by atoms with Crippen LogP contribution in [-0.4, -0.2) is 46.5 Å². The Morgan fingerprint density at radius 2 is 1.97 bits per heavy atom. The van der Waals surface area contributed by atoms with Crippen molar-refractivity contribution in [1.82, 2.24) is 4.90 Å². The van der Waals surface area contributed by atoms with Crippen molar-refractivity contribution in [2.45, 2.75) is 70.4 Å². The fraction of sp³-hybridized carbons (Fsp3) is 0.536. The van der Waals surface area contributed by atoms with Crippen molar-refractivity contribution in [3.63, 3.8) is 0 Å². The highest BCUT2D eigenvalue weighted by Gasteiger charge is 2.54.